The van der Waals surface area contributed by atoms with Gasteiger partial charge in [-0.1, -0.05) is 12.6 Å². The van der Waals surface area contributed by atoms with E-state index in [4.69, 9.17) is 11.6 Å². The largest absolute Gasteiger partial charge is 0.476 e. The monoisotopic (exact) mass is 466 g/mol. The highest BCUT2D eigenvalue weighted by Crippen LogP contribution is 2.36. The first kappa shape index (κ1) is 23.3. The number of aromatic carboxylic acids is 1. The van der Waals surface area contributed by atoms with Crippen molar-refractivity contribution >= 4 is 34.3 Å². The van der Waals surface area contributed by atoms with Gasteiger partial charge in [0.15, 0.2) is 17.0 Å². The van der Waals surface area contributed by atoms with E-state index in [9.17, 15) is 18.7 Å². The molecule has 176 valence electrons. The molecule has 0 amide bonds. The minimum absolute atomic E-state index is 0.0748. The number of fused-ring (bicyclic) bond motifs is 1. The maximum absolute atomic E-state index is 13.7. The van der Waals surface area contributed by atoms with Crippen LogP contribution >= 0.6 is 0 Å². The standard InChI is InChI=1S/C24H24F2N6O2/c1-13-11-16(15(3)29-17-6-5-14(2)28-20(17)23(33)34)19-18(12-13)30-21(27-4)22(31-19)32-9-7-24(25,26)8-10-32/h5-6,11-12,15,29H,7-10H2,1-3H3,(H,33,34)/t15-/m1/s1. The molecule has 1 aromatic carbocycles. The Balaban J connectivity index is 1.77. The molecular formula is C24H24F2N6O2. The van der Waals surface area contributed by atoms with Gasteiger partial charge in [0.05, 0.1) is 11.7 Å². The number of hydrogen-bond donors (Lipinski definition) is 2. The molecule has 10 heteroatoms. The van der Waals surface area contributed by atoms with Crippen molar-refractivity contribution in [3.05, 3.63) is 58.2 Å². The fraction of sp³-hybridized carbons (Fsp3) is 0.375. The van der Waals surface area contributed by atoms with Gasteiger partial charge in [0.25, 0.3) is 5.92 Å². The van der Waals surface area contributed by atoms with Gasteiger partial charge in [0.1, 0.15) is 5.52 Å². The van der Waals surface area contributed by atoms with E-state index >= 15 is 0 Å². The zero-order chi connectivity index (χ0) is 24.6. The first-order valence-electron chi connectivity index (χ1n) is 10.9. The summed E-state index contributed by atoms with van der Waals surface area (Å²) in [7, 11) is 0. The number of halogens is 2. The highest BCUT2D eigenvalue weighted by molar-refractivity contribution is 5.92. The van der Waals surface area contributed by atoms with E-state index in [0.29, 0.717) is 28.2 Å². The summed E-state index contributed by atoms with van der Waals surface area (Å²) in [5.41, 5.74) is 3.56. The molecule has 0 unspecified atom stereocenters. The number of carboxylic acids is 1. The van der Waals surface area contributed by atoms with Gasteiger partial charge in [-0.25, -0.2) is 23.5 Å². The van der Waals surface area contributed by atoms with Crippen LogP contribution in [0.4, 0.5) is 26.1 Å². The SMILES string of the molecule is [C-]#[N+]c1nc2cc(C)cc([C@@H](C)Nc3ccc(C)nc3C(=O)O)c2nc1N1CCC(F)(F)CC1. The van der Waals surface area contributed by atoms with Crippen molar-refractivity contribution in [1.29, 1.82) is 0 Å². The summed E-state index contributed by atoms with van der Waals surface area (Å²) in [5, 5.41) is 12.8. The molecule has 0 bridgehead atoms. The molecule has 2 N–H and O–H groups in total. The number of carboxylic acid groups (broad SMARTS) is 1. The Labute approximate surface area is 195 Å². The molecule has 4 rings (SSSR count). The number of hydrogen-bond acceptors (Lipinski definition) is 6. The second-order valence-corrected chi connectivity index (χ2v) is 8.57. The van der Waals surface area contributed by atoms with Crippen LogP contribution in [0.2, 0.25) is 0 Å². The third kappa shape index (κ3) is 4.59. The van der Waals surface area contributed by atoms with Crippen LogP contribution in [0.3, 0.4) is 0 Å². The third-order valence-electron chi connectivity index (χ3n) is 5.88. The molecule has 2 aromatic heterocycles. The van der Waals surface area contributed by atoms with Crippen LogP contribution in [-0.2, 0) is 0 Å². The van der Waals surface area contributed by atoms with Gasteiger partial charge < -0.3 is 20.2 Å². The third-order valence-corrected chi connectivity index (χ3v) is 5.88. The summed E-state index contributed by atoms with van der Waals surface area (Å²) in [6.07, 6.45) is -0.609. The van der Waals surface area contributed by atoms with E-state index in [0.717, 1.165) is 11.1 Å². The smallest absolute Gasteiger partial charge is 0.356 e. The van der Waals surface area contributed by atoms with E-state index in [-0.39, 0.29) is 43.5 Å². The quantitative estimate of drug-likeness (QED) is 0.493. The van der Waals surface area contributed by atoms with E-state index in [2.05, 4.69) is 20.1 Å². The Bertz CT molecular complexity index is 1310. The fourth-order valence-electron chi connectivity index (χ4n) is 4.12. The molecule has 1 atom stereocenters. The molecule has 1 aliphatic rings. The van der Waals surface area contributed by atoms with Crippen LogP contribution in [-0.4, -0.2) is 45.0 Å². The summed E-state index contributed by atoms with van der Waals surface area (Å²) < 4.78 is 27.4. The van der Waals surface area contributed by atoms with Crippen LogP contribution in [0.1, 0.15) is 53.1 Å². The minimum Gasteiger partial charge on any atom is -0.476 e. The molecule has 1 saturated heterocycles. The minimum atomic E-state index is -2.72. The van der Waals surface area contributed by atoms with Crippen molar-refractivity contribution in [3.8, 4) is 0 Å². The predicted molar refractivity (Wildman–Crippen MR) is 125 cm³/mol. The van der Waals surface area contributed by atoms with E-state index in [1.54, 1.807) is 24.0 Å². The Hall–Kier alpha value is -3.87. The maximum atomic E-state index is 13.7. The topological polar surface area (TPSA) is 95.6 Å². The number of piperidine rings is 1. The van der Waals surface area contributed by atoms with Gasteiger partial charge in [-0.05, 0) is 44.5 Å². The number of alkyl halides is 2. The normalized spacial score (nSPS) is 16.2. The van der Waals surface area contributed by atoms with Crippen molar-refractivity contribution in [2.24, 2.45) is 0 Å². The van der Waals surface area contributed by atoms with Gasteiger partial charge >= 0.3 is 11.8 Å². The molecule has 0 aliphatic carbocycles. The van der Waals surface area contributed by atoms with Crippen LogP contribution in [0.25, 0.3) is 15.9 Å². The molecule has 0 spiro atoms. The van der Waals surface area contributed by atoms with Gasteiger partial charge in [0, 0.05) is 37.2 Å². The molecule has 0 radical (unpaired) electrons. The Kier molecular flexibility index (Phi) is 6.04. The van der Waals surface area contributed by atoms with Crippen LogP contribution in [0.5, 0.6) is 0 Å². The lowest BCUT2D eigenvalue weighted by molar-refractivity contribution is -0.0221. The molecule has 8 nitrogen and oxygen atoms in total. The van der Waals surface area contributed by atoms with Gasteiger partial charge in [0.2, 0.25) is 0 Å². The molecule has 1 aliphatic heterocycles. The second kappa shape index (κ2) is 8.82. The molecule has 1 fully saturated rings. The molecule has 34 heavy (non-hydrogen) atoms. The number of anilines is 2. The highest BCUT2D eigenvalue weighted by atomic mass is 19.3. The van der Waals surface area contributed by atoms with Gasteiger partial charge in [-0.3, -0.25) is 0 Å². The van der Waals surface area contributed by atoms with Gasteiger partial charge in [-0.2, -0.15) is 0 Å². The first-order valence-corrected chi connectivity index (χ1v) is 10.9. The van der Waals surface area contributed by atoms with E-state index in [1.165, 1.54) is 0 Å². The average molecular weight is 466 g/mol. The average Bonchev–Trinajstić information content (AvgIpc) is 2.78. The highest BCUT2D eigenvalue weighted by Gasteiger charge is 2.35. The number of aromatic nitrogens is 3. The van der Waals surface area contributed by atoms with Gasteiger partial charge in [-0.15, -0.1) is 4.98 Å². The fourth-order valence-corrected chi connectivity index (χ4v) is 4.12. The maximum Gasteiger partial charge on any atom is 0.356 e. The number of nitrogens with zero attached hydrogens (tertiary/aromatic N) is 5. The molecule has 0 saturated carbocycles. The van der Waals surface area contributed by atoms with Crippen LogP contribution < -0.4 is 10.2 Å². The lowest BCUT2D eigenvalue weighted by atomic mass is 10.0. The van der Waals surface area contributed by atoms with Crippen LogP contribution in [0, 0.1) is 20.4 Å². The number of pyridine rings is 1. The van der Waals surface area contributed by atoms with Crippen molar-refractivity contribution in [3.63, 3.8) is 0 Å². The lowest BCUT2D eigenvalue weighted by Gasteiger charge is -2.33. The Morgan fingerprint density at radius 2 is 1.91 bits per heavy atom. The Morgan fingerprint density at radius 3 is 2.56 bits per heavy atom. The van der Waals surface area contributed by atoms with E-state index < -0.39 is 11.9 Å². The summed E-state index contributed by atoms with van der Waals surface area (Å²) in [6, 6.07) is 6.75. The van der Waals surface area contributed by atoms with Crippen molar-refractivity contribution in [2.75, 3.05) is 23.3 Å². The number of rotatable bonds is 5. The zero-order valence-corrected chi connectivity index (χ0v) is 19.1. The first-order chi connectivity index (χ1) is 16.1. The van der Waals surface area contributed by atoms with Crippen molar-refractivity contribution < 1.29 is 18.7 Å². The molecule has 3 heterocycles. The van der Waals surface area contributed by atoms with Crippen molar-refractivity contribution in [1.82, 2.24) is 15.0 Å². The zero-order valence-electron chi connectivity index (χ0n) is 19.1. The number of nitrogens with one attached hydrogen (secondary N) is 1. The number of carbonyl (C=O) groups is 1. The Morgan fingerprint density at radius 1 is 1.21 bits per heavy atom. The summed E-state index contributed by atoms with van der Waals surface area (Å²) in [6.45, 7) is 13.2. The van der Waals surface area contributed by atoms with Crippen molar-refractivity contribution in [2.45, 2.75) is 45.6 Å². The number of aryl methyl sites for hydroxylation is 2. The molecule has 3 aromatic rings. The summed E-state index contributed by atoms with van der Waals surface area (Å²) in [4.78, 5) is 30.2. The van der Waals surface area contributed by atoms with E-state index in [1.807, 2.05) is 26.0 Å². The molecular weight excluding hydrogens is 442 g/mol. The lowest BCUT2D eigenvalue weighted by Crippen LogP contribution is -2.39. The number of benzene rings is 1. The summed E-state index contributed by atoms with van der Waals surface area (Å²) >= 11 is 0. The summed E-state index contributed by atoms with van der Waals surface area (Å²) in [5.74, 6) is -3.49. The van der Waals surface area contributed by atoms with Crippen LogP contribution in [0.15, 0.2) is 24.3 Å². The predicted octanol–water partition coefficient (Wildman–Crippen LogP) is 5.30. The second-order valence-electron chi connectivity index (χ2n) is 8.57.